The van der Waals surface area contributed by atoms with E-state index in [1.54, 1.807) is 24.3 Å². The highest BCUT2D eigenvalue weighted by Gasteiger charge is 2.08. The molecule has 0 aliphatic heterocycles. The van der Waals surface area contributed by atoms with Crippen LogP contribution in [0, 0.1) is 6.92 Å². The fraction of sp³-hybridized carbons (Fsp3) is 0.0714. The average Bonchev–Trinajstić information content (AvgIpc) is 2.34. The van der Waals surface area contributed by atoms with E-state index in [4.69, 9.17) is 11.6 Å². The zero-order valence-electron chi connectivity index (χ0n) is 9.77. The smallest absolute Gasteiger partial charge is 0.255 e. The molecule has 0 saturated heterocycles. The summed E-state index contributed by atoms with van der Waals surface area (Å²) in [4.78, 5) is 12.8. The van der Waals surface area contributed by atoms with Crippen LogP contribution in [0.3, 0.4) is 0 Å². The maximum absolute atomic E-state index is 12.0. The largest absolute Gasteiger partial charge is 0.321 e. The molecule has 0 heterocycles. The molecule has 2 aromatic carbocycles. The zero-order valence-corrected chi connectivity index (χ0v) is 11.4. The molecule has 1 N–H and O–H groups in total. The summed E-state index contributed by atoms with van der Waals surface area (Å²) < 4.78 is 0. The van der Waals surface area contributed by atoms with E-state index in [1.165, 1.54) is 0 Å². The summed E-state index contributed by atoms with van der Waals surface area (Å²) in [6.45, 7) is 1.94. The van der Waals surface area contributed by atoms with E-state index in [-0.39, 0.29) is 5.91 Å². The monoisotopic (exact) mass is 277 g/mol. The van der Waals surface area contributed by atoms with Crippen LogP contribution in [0.15, 0.2) is 47.4 Å². The standard InChI is InChI=1S/C14H12ClNOS/c1-9-5-6-12(15)13(7-9)16-14(17)10-3-2-4-11(18)8-10/h2-8,18H,1H3,(H,16,17). The molecule has 0 radical (unpaired) electrons. The number of hydrogen-bond acceptors (Lipinski definition) is 2. The molecule has 0 saturated carbocycles. The second kappa shape index (κ2) is 5.46. The van der Waals surface area contributed by atoms with Gasteiger partial charge in [-0.05, 0) is 42.8 Å². The molecule has 0 spiro atoms. The topological polar surface area (TPSA) is 29.1 Å². The lowest BCUT2D eigenvalue weighted by molar-refractivity contribution is 0.102. The minimum absolute atomic E-state index is 0.196. The SMILES string of the molecule is Cc1ccc(Cl)c(NC(=O)c2cccc(S)c2)c1. The van der Waals surface area contributed by atoms with Crippen LogP contribution >= 0.6 is 24.2 Å². The van der Waals surface area contributed by atoms with Gasteiger partial charge in [0.05, 0.1) is 10.7 Å². The predicted octanol–water partition coefficient (Wildman–Crippen LogP) is 4.19. The van der Waals surface area contributed by atoms with E-state index < -0.39 is 0 Å². The molecule has 0 unspecified atom stereocenters. The first kappa shape index (κ1) is 13.0. The number of amides is 1. The molecule has 2 aromatic rings. The Balaban J connectivity index is 2.24. The van der Waals surface area contributed by atoms with Gasteiger partial charge in [-0.2, -0.15) is 0 Å². The van der Waals surface area contributed by atoms with E-state index in [0.717, 1.165) is 10.5 Å². The Hall–Kier alpha value is -1.45. The van der Waals surface area contributed by atoms with Crippen molar-refractivity contribution in [2.45, 2.75) is 11.8 Å². The van der Waals surface area contributed by atoms with Gasteiger partial charge in [0.25, 0.3) is 5.91 Å². The normalized spacial score (nSPS) is 10.2. The van der Waals surface area contributed by atoms with Crippen molar-refractivity contribution in [2.75, 3.05) is 5.32 Å². The molecular weight excluding hydrogens is 266 g/mol. The van der Waals surface area contributed by atoms with Crippen LogP contribution in [0.4, 0.5) is 5.69 Å². The molecule has 4 heteroatoms. The molecule has 0 atom stereocenters. The fourth-order valence-electron chi connectivity index (χ4n) is 1.58. The minimum Gasteiger partial charge on any atom is -0.321 e. The van der Waals surface area contributed by atoms with Gasteiger partial charge in [-0.3, -0.25) is 4.79 Å². The van der Waals surface area contributed by atoms with Crippen LogP contribution in [0.25, 0.3) is 0 Å². The Morgan fingerprint density at radius 1 is 1.22 bits per heavy atom. The number of thiol groups is 1. The van der Waals surface area contributed by atoms with Gasteiger partial charge in [0.2, 0.25) is 0 Å². The highest BCUT2D eigenvalue weighted by molar-refractivity contribution is 7.80. The van der Waals surface area contributed by atoms with Gasteiger partial charge in [0, 0.05) is 10.5 Å². The Morgan fingerprint density at radius 2 is 2.00 bits per heavy atom. The van der Waals surface area contributed by atoms with Gasteiger partial charge in [-0.1, -0.05) is 23.7 Å². The molecular formula is C14H12ClNOS. The molecule has 0 aromatic heterocycles. The van der Waals surface area contributed by atoms with Crippen molar-refractivity contribution in [3.05, 3.63) is 58.6 Å². The van der Waals surface area contributed by atoms with Gasteiger partial charge in [0.1, 0.15) is 0 Å². The Kier molecular flexibility index (Phi) is 3.94. The summed E-state index contributed by atoms with van der Waals surface area (Å²) in [5.41, 5.74) is 2.21. The number of carbonyl (C=O) groups excluding carboxylic acids is 1. The van der Waals surface area contributed by atoms with Gasteiger partial charge < -0.3 is 5.32 Å². The van der Waals surface area contributed by atoms with E-state index in [0.29, 0.717) is 16.3 Å². The third kappa shape index (κ3) is 3.06. The third-order valence-electron chi connectivity index (χ3n) is 2.48. The quantitative estimate of drug-likeness (QED) is 0.792. The number of carbonyl (C=O) groups is 1. The third-order valence-corrected chi connectivity index (χ3v) is 3.09. The van der Waals surface area contributed by atoms with Crippen molar-refractivity contribution in [2.24, 2.45) is 0 Å². The summed E-state index contributed by atoms with van der Waals surface area (Å²) in [7, 11) is 0. The second-order valence-corrected chi connectivity index (χ2v) is 4.91. The van der Waals surface area contributed by atoms with Crippen LogP contribution < -0.4 is 5.32 Å². The lowest BCUT2D eigenvalue weighted by Crippen LogP contribution is -2.12. The number of hydrogen-bond donors (Lipinski definition) is 2. The lowest BCUT2D eigenvalue weighted by atomic mass is 10.2. The molecule has 2 rings (SSSR count). The van der Waals surface area contributed by atoms with Gasteiger partial charge in [0.15, 0.2) is 0 Å². The van der Waals surface area contributed by atoms with Crippen LogP contribution in [-0.2, 0) is 0 Å². The van der Waals surface area contributed by atoms with Crippen LogP contribution in [0.1, 0.15) is 15.9 Å². The summed E-state index contributed by atoms with van der Waals surface area (Å²) in [5, 5.41) is 3.31. The maximum Gasteiger partial charge on any atom is 0.255 e. The summed E-state index contributed by atoms with van der Waals surface area (Å²) >= 11 is 10.2. The predicted molar refractivity (Wildman–Crippen MR) is 77.8 cm³/mol. The maximum atomic E-state index is 12.0. The fourth-order valence-corrected chi connectivity index (χ4v) is 1.97. The zero-order chi connectivity index (χ0) is 13.1. The first-order valence-corrected chi connectivity index (χ1v) is 6.25. The number of aryl methyl sites for hydroxylation is 1. The molecule has 92 valence electrons. The van der Waals surface area contributed by atoms with Gasteiger partial charge in [-0.25, -0.2) is 0 Å². The highest BCUT2D eigenvalue weighted by atomic mass is 35.5. The van der Waals surface area contributed by atoms with Crippen LogP contribution in [0.5, 0.6) is 0 Å². The summed E-state index contributed by atoms with van der Waals surface area (Å²) in [6.07, 6.45) is 0. The molecule has 2 nitrogen and oxygen atoms in total. The highest BCUT2D eigenvalue weighted by Crippen LogP contribution is 2.23. The van der Waals surface area contributed by atoms with Crippen molar-refractivity contribution in [3.63, 3.8) is 0 Å². The molecule has 18 heavy (non-hydrogen) atoms. The van der Waals surface area contributed by atoms with Crippen molar-refractivity contribution in [1.29, 1.82) is 0 Å². The molecule has 0 aliphatic rings. The Morgan fingerprint density at radius 3 is 2.72 bits per heavy atom. The lowest BCUT2D eigenvalue weighted by Gasteiger charge is -2.08. The average molecular weight is 278 g/mol. The molecule has 0 fully saturated rings. The van der Waals surface area contributed by atoms with E-state index in [9.17, 15) is 4.79 Å². The van der Waals surface area contributed by atoms with Crippen molar-refractivity contribution in [1.82, 2.24) is 0 Å². The number of nitrogens with one attached hydrogen (secondary N) is 1. The van der Waals surface area contributed by atoms with E-state index in [2.05, 4.69) is 17.9 Å². The van der Waals surface area contributed by atoms with Crippen molar-refractivity contribution >= 4 is 35.8 Å². The van der Waals surface area contributed by atoms with E-state index >= 15 is 0 Å². The van der Waals surface area contributed by atoms with E-state index in [1.807, 2.05) is 25.1 Å². The van der Waals surface area contributed by atoms with Gasteiger partial charge in [-0.15, -0.1) is 12.6 Å². The van der Waals surface area contributed by atoms with Crippen LogP contribution in [0.2, 0.25) is 5.02 Å². The molecule has 0 bridgehead atoms. The second-order valence-electron chi connectivity index (χ2n) is 3.99. The first-order valence-electron chi connectivity index (χ1n) is 5.43. The first-order chi connectivity index (χ1) is 8.56. The van der Waals surface area contributed by atoms with Crippen LogP contribution in [-0.4, -0.2) is 5.91 Å². The molecule has 1 amide bonds. The Labute approximate surface area is 116 Å². The summed E-state index contributed by atoms with van der Waals surface area (Å²) in [5.74, 6) is -0.196. The number of halogens is 1. The van der Waals surface area contributed by atoms with Gasteiger partial charge >= 0.3 is 0 Å². The number of benzene rings is 2. The Bertz CT molecular complexity index is 598. The van der Waals surface area contributed by atoms with Crippen molar-refractivity contribution < 1.29 is 4.79 Å². The number of anilines is 1. The summed E-state index contributed by atoms with van der Waals surface area (Å²) in [6, 6.07) is 12.5. The van der Waals surface area contributed by atoms with Crippen molar-refractivity contribution in [3.8, 4) is 0 Å². The minimum atomic E-state index is -0.196. The number of rotatable bonds is 2. The molecule has 0 aliphatic carbocycles.